The van der Waals surface area contributed by atoms with Gasteiger partial charge in [0.05, 0.1) is 22.9 Å². The maximum atomic E-state index is 12.6. The molecule has 3 heterocycles. The van der Waals surface area contributed by atoms with Crippen LogP contribution in [0.4, 0.5) is 0 Å². The fourth-order valence-corrected chi connectivity index (χ4v) is 2.40. The SMILES string of the molecule is Cc1noc2nc(-c3ccco3)cc(C(=O)OCC(=O)N(C)C(C)C)c12. The molecule has 0 saturated heterocycles. The molecule has 0 radical (unpaired) electrons. The third-order valence-corrected chi connectivity index (χ3v) is 4.11. The van der Waals surface area contributed by atoms with E-state index in [9.17, 15) is 9.59 Å². The van der Waals surface area contributed by atoms with Gasteiger partial charge in [-0.05, 0) is 39.0 Å². The van der Waals surface area contributed by atoms with Crippen LogP contribution in [0.3, 0.4) is 0 Å². The van der Waals surface area contributed by atoms with Gasteiger partial charge in [0.1, 0.15) is 5.69 Å². The molecular formula is C18H19N3O5. The maximum Gasteiger partial charge on any atom is 0.339 e. The highest BCUT2D eigenvalue weighted by atomic mass is 16.5. The predicted molar refractivity (Wildman–Crippen MR) is 92.4 cm³/mol. The molecule has 0 unspecified atom stereocenters. The van der Waals surface area contributed by atoms with Gasteiger partial charge in [-0.3, -0.25) is 4.79 Å². The highest BCUT2D eigenvalue weighted by molar-refractivity contribution is 6.04. The van der Waals surface area contributed by atoms with E-state index in [1.807, 2.05) is 13.8 Å². The van der Waals surface area contributed by atoms with Gasteiger partial charge in [-0.15, -0.1) is 0 Å². The van der Waals surface area contributed by atoms with Crippen molar-refractivity contribution >= 4 is 23.0 Å². The number of aromatic nitrogens is 2. The number of aryl methyl sites for hydroxylation is 1. The minimum Gasteiger partial charge on any atom is -0.463 e. The lowest BCUT2D eigenvalue weighted by Crippen LogP contribution is -2.36. The summed E-state index contributed by atoms with van der Waals surface area (Å²) in [7, 11) is 1.66. The molecule has 0 atom stereocenters. The molecule has 136 valence electrons. The van der Waals surface area contributed by atoms with Crippen molar-refractivity contribution in [2.24, 2.45) is 0 Å². The van der Waals surface area contributed by atoms with Crippen molar-refractivity contribution in [3.63, 3.8) is 0 Å². The molecule has 0 saturated carbocycles. The molecule has 3 aromatic heterocycles. The van der Waals surface area contributed by atoms with Gasteiger partial charge >= 0.3 is 5.97 Å². The largest absolute Gasteiger partial charge is 0.463 e. The summed E-state index contributed by atoms with van der Waals surface area (Å²) in [6.45, 7) is 5.11. The zero-order chi connectivity index (χ0) is 18.8. The number of furan rings is 1. The Balaban J connectivity index is 1.91. The summed E-state index contributed by atoms with van der Waals surface area (Å²) >= 11 is 0. The maximum absolute atomic E-state index is 12.6. The number of esters is 1. The molecule has 26 heavy (non-hydrogen) atoms. The lowest BCUT2D eigenvalue weighted by molar-refractivity contribution is -0.134. The van der Waals surface area contributed by atoms with E-state index in [0.29, 0.717) is 22.5 Å². The van der Waals surface area contributed by atoms with Crippen LogP contribution in [0.15, 0.2) is 33.4 Å². The lowest BCUT2D eigenvalue weighted by Gasteiger charge is -2.21. The van der Waals surface area contributed by atoms with Crippen molar-refractivity contribution in [1.29, 1.82) is 0 Å². The van der Waals surface area contributed by atoms with E-state index in [-0.39, 0.29) is 29.8 Å². The summed E-state index contributed by atoms with van der Waals surface area (Å²) in [6, 6.07) is 4.99. The first-order valence-electron chi connectivity index (χ1n) is 8.12. The van der Waals surface area contributed by atoms with Gasteiger partial charge in [0.15, 0.2) is 12.4 Å². The smallest absolute Gasteiger partial charge is 0.339 e. The van der Waals surface area contributed by atoms with Crippen LogP contribution >= 0.6 is 0 Å². The molecule has 0 fully saturated rings. The molecule has 0 aromatic carbocycles. The van der Waals surface area contributed by atoms with Gasteiger partial charge in [0.2, 0.25) is 0 Å². The Morgan fingerprint density at radius 2 is 2.12 bits per heavy atom. The zero-order valence-corrected chi connectivity index (χ0v) is 15.0. The monoisotopic (exact) mass is 357 g/mol. The summed E-state index contributed by atoms with van der Waals surface area (Å²) in [5.41, 5.74) is 1.35. The second kappa shape index (κ2) is 6.99. The van der Waals surface area contributed by atoms with Crippen LogP contribution in [0.5, 0.6) is 0 Å². The number of carbonyl (C=O) groups is 2. The Morgan fingerprint density at radius 3 is 2.77 bits per heavy atom. The van der Waals surface area contributed by atoms with Gasteiger partial charge in [-0.1, -0.05) is 5.16 Å². The molecule has 0 bridgehead atoms. The molecule has 8 heteroatoms. The fraction of sp³-hybridized carbons (Fsp3) is 0.333. The van der Waals surface area contributed by atoms with E-state index in [4.69, 9.17) is 13.7 Å². The Hall–Kier alpha value is -3.16. The van der Waals surface area contributed by atoms with Crippen molar-refractivity contribution in [3.05, 3.63) is 35.7 Å². The summed E-state index contributed by atoms with van der Waals surface area (Å²) in [6.07, 6.45) is 1.51. The second-order valence-electron chi connectivity index (χ2n) is 6.16. The summed E-state index contributed by atoms with van der Waals surface area (Å²) < 4.78 is 15.7. The lowest BCUT2D eigenvalue weighted by atomic mass is 10.1. The van der Waals surface area contributed by atoms with Gasteiger partial charge < -0.3 is 18.6 Å². The van der Waals surface area contributed by atoms with Gasteiger partial charge in [0, 0.05) is 13.1 Å². The van der Waals surface area contributed by atoms with E-state index in [1.165, 1.54) is 11.2 Å². The summed E-state index contributed by atoms with van der Waals surface area (Å²) in [5.74, 6) is -0.459. The number of hydrogen-bond donors (Lipinski definition) is 0. The minimum atomic E-state index is -0.651. The number of nitrogens with zero attached hydrogens (tertiary/aromatic N) is 3. The normalized spacial score (nSPS) is 11.1. The van der Waals surface area contributed by atoms with E-state index >= 15 is 0 Å². The van der Waals surface area contributed by atoms with E-state index in [1.54, 1.807) is 32.2 Å². The van der Waals surface area contributed by atoms with Crippen molar-refractivity contribution in [2.75, 3.05) is 13.7 Å². The van der Waals surface area contributed by atoms with Crippen molar-refractivity contribution in [2.45, 2.75) is 26.8 Å². The van der Waals surface area contributed by atoms with Crippen LogP contribution in [-0.4, -0.2) is 46.6 Å². The Kier molecular flexibility index (Phi) is 4.75. The average molecular weight is 357 g/mol. The Bertz CT molecular complexity index is 943. The number of rotatable bonds is 5. The zero-order valence-electron chi connectivity index (χ0n) is 15.0. The van der Waals surface area contributed by atoms with Gasteiger partial charge in [-0.25, -0.2) is 9.78 Å². The second-order valence-corrected chi connectivity index (χ2v) is 6.16. The Morgan fingerprint density at radius 1 is 1.35 bits per heavy atom. The number of hydrogen-bond acceptors (Lipinski definition) is 7. The van der Waals surface area contributed by atoms with Crippen molar-refractivity contribution in [3.8, 4) is 11.5 Å². The third kappa shape index (κ3) is 3.30. The Labute approximate surface area is 149 Å². The molecule has 0 N–H and O–H groups in total. The summed E-state index contributed by atoms with van der Waals surface area (Å²) in [4.78, 5) is 30.5. The molecule has 3 aromatic rings. The van der Waals surface area contributed by atoms with E-state index in [0.717, 1.165) is 0 Å². The van der Waals surface area contributed by atoms with Crippen LogP contribution in [0.1, 0.15) is 29.9 Å². The van der Waals surface area contributed by atoms with Crippen LogP contribution in [0.2, 0.25) is 0 Å². The number of ether oxygens (including phenoxy) is 1. The first-order chi connectivity index (χ1) is 12.4. The van der Waals surface area contributed by atoms with Crippen LogP contribution in [-0.2, 0) is 9.53 Å². The predicted octanol–water partition coefficient (Wildman–Crippen LogP) is 2.81. The number of pyridine rings is 1. The molecule has 1 amide bonds. The molecule has 0 aliphatic carbocycles. The highest BCUT2D eigenvalue weighted by Gasteiger charge is 2.22. The van der Waals surface area contributed by atoms with E-state index < -0.39 is 5.97 Å². The van der Waals surface area contributed by atoms with Gasteiger partial charge in [0.25, 0.3) is 11.6 Å². The molecular weight excluding hydrogens is 338 g/mol. The van der Waals surface area contributed by atoms with Gasteiger partial charge in [-0.2, -0.15) is 0 Å². The molecule has 0 aliphatic heterocycles. The number of amides is 1. The van der Waals surface area contributed by atoms with Crippen molar-refractivity contribution in [1.82, 2.24) is 15.0 Å². The molecule has 0 spiro atoms. The average Bonchev–Trinajstić information content (AvgIpc) is 3.28. The third-order valence-electron chi connectivity index (χ3n) is 4.11. The minimum absolute atomic E-state index is 0.0136. The fourth-order valence-electron chi connectivity index (χ4n) is 2.40. The van der Waals surface area contributed by atoms with Crippen LogP contribution in [0.25, 0.3) is 22.6 Å². The molecule has 3 rings (SSSR count). The number of carbonyl (C=O) groups excluding carboxylic acids is 2. The first kappa shape index (κ1) is 17.7. The van der Waals surface area contributed by atoms with Crippen LogP contribution in [0, 0.1) is 6.92 Å². The summed E-state index contributed by atoms with van der Waals surface area (Å²) in [5, 5.41) is 4.31. The first-order valence-corrected chi connectivity index (χ1v) is 8.12. The molecule has 0 aliphatic rings. The number of likely N-dealkylation sites (N-methyl/N-ethyl adjacent to an activating group) is 1. The standard InChI is InChI=1S/C18H19N3O5/c1-10(2)21(4)15(22)9-25-18(23)12-8-13(14-6-5-7-24-14)19-17-16(12)11(3)20-26-17/h5-8,10H,9H2,1-4H3. The quantitative estimate of drug-likeness (QED) is 0.647. The van der Waals surface area contributed by atoms with Crippen LogP contribution < -0.4 is 0 Å². The van der Waals surface area contributed by atoms with Crippen molar-refractivity contribution < 1.29 is 23.3 Å². The molecule has 8 nitrogen and oxygen atoms in total. The topological polar surface area (TPSA) is 98.7 Å². The van der Waals surface area contributed by atoms with E-state index in [2.05, 4.69) is 10.1 Å². The number of fused-ring (bicyclic) bond motifs is 1. The highest BCUT2D eigenvalue weighted by Crippen LogP contribution is 2.27.